The third kappa shape index (κ3) is 3.22. The highest BCUT2D eigenvalue weighted by Crippen LogP contribution is 2.38. The van der Waals surface area contributed by atoms with Gasteiger partial charge in [-0.2, -0.15) is 0 Å². The highest BCUT2D eigenvalue weighted by molar-refractivity contribution is 6.45. The maximum absolute atomic E-state index is 5.91. The van der Waals surface area contributed by atoms with Crippen molar-refractivity contribution < 1.29 is 14.0 Å². The molecule has 0 saturated carbocycles. The van der Waals surface area contributed by atoms with Crippen LogP contribution >= 0.6 is 0 Å². The number of hydrogen-bond acceptors (Lipinski definition) is 3. The summed E-state index contributed by atoms with van der Waals surface area (Å²) in [4.78, 5) is 0. The summed E-state index contributed by atoms with van der Waals surface area (Å²) in [5.74, 6) is 0. The van der Waals surface area contributed by atoms with Gasteiger partial charge in [0.25, 0.3) is 0 Å². The SMILES string of the molecule is CC(C)OC(C)CB1OC(C)(C)C(C)(C)O1. The molecule has 0 N–H and O–H groups in total. The Morgan fingerprint density at radius 3 is 1.81 bits per heavy atom. The van der Waals surface area contributed by atoms with E-state index in [0.29, 0.717) is 0 Å². The molecule has 3 nitrogen and oxygen atoms in total. The van der Waals surface area contributed by atoms with Gasteiger partial charge in [0.1, 0.15) is 0 Å². The molecule has 0 bridgehead atoms. The Labute approximate surface area is 100.0 Å². The van der Waals surface area contributed by atoms with Gasteiger partial charge in [-0.1, -0.05) is 0 Å². The third-order valence-electron chi connectivity index (χ3n) is 3.33. The highest BCUT2D eigenvalue weighted by atomic mass is 16.7. The zero-order valence-electron chi connectivity index (χ0n) is 11.7. The molecule has 0 aromatic rings. The maximum atomic E-state index is 5.91. The van der Waals surface area contributed by atoms with Crippen LogP contribution in [0.2, 0.25) is 6.32 Å². The third-order valence-corrected chi connectivity index (χ3v) is 3.33. The molecule has 1 unspecified atom stereocenters. The number of rotatable bonds is 4. The van der Waals surface area contributed by atoms with Gasteiger partial charge in [0.15, 0.2) is 0 Å². The van der Waals surface area contributed by atoms with Gasteiger partial charge in [-0.15, -0.1) is 0 Å². The first-order valence-electron chi connectivity index (χ1n) is 6.15. The van der Waals surface area contributed by atoms with Gasteiger partial charge in [0, 0.05) is 6.32 Å². The Kier molecular flexibility index (Phi) is 4.09. The predicted molar refractivity (Wildman–Crippen MR) is 66.6 cm³/mol. The molecule has 1 heterocycles. The quantitative estimate of drug-likeness (QED) is 0.692. The normalized spacial score (nSPS) is 25.1. The van der Waals surface area contributed by atoms with Gasteiger partial charge in [-0.25, -0.2) is 0 Å². The molecule has 1 aliphatic heterocycles. The lowest BCUT2D eigenvalue weighted by atomic mass is 9.82. The van der Waals surface area contributed by atoms with Gasteiger partial charge in [0.05, 0.1) is 23.4 Å². The minimum Gasteiger partial charge on any atom is -0.403 e. The van der Waals surface area contributed by atoms with E-state index in [2.05, 4.69) is 34.6 Å². The molecule has 16 heavy (non-hydrogen) atoms. The Balaban J connectivity index is 2.48. The molecule has 0 amide bonds. The molecule has 1 saturated heterocycles. The van der Waals surface area contributed by atoms with Crippen molar-refractivity contribution in [3.63, 3.8) is 0 Å². The molecule has 0 aromatic carbocycles. The van der Waals surface area contributed by atoms with E-state index in [1.54, 1.807) is 0 Å². The molecule has 0 aliphatic carbocycles. The largest absolute Gasteiger partial charge is 0.460 e. The average Bonchev–Trinajstić information content (AvgIpc) is 2.16. The van der Waals surface area contributed by atoms with E-state index in [0.717, 1.165) is 6.32 Å². The van der Waals surface area contributed by atoms with Crippen molar-refractivity contribution >= 4 is 7.12 Å². The average molecular weight is 228 g/mol. The number of hydrogen-bond donors (Lipinski definition) is 0. The molecule has 0 aromatic heterocycles. The van der Waals surface area contributed by atoms with Crippen LogP contribution < -0.4 is 0 Å². The van der Waals surface area contributed by atoms with Crippen LogP contribution in [0.4, 0.5) is 0 Å². The Bertz CT molecular complexity index is 222. The highest BCUT2D eigenvalue weighted by Gasteiger charge is 2.51. The van der Waals surface area contributed by atoms with Crippen molar-refractivity contribution in [2.75, 3.05) is 0 Å². The second-order valence-corrected chi connectivity index (χ2v) is 5.92. The van der Waals surface area contributed by atoms with E-state index in [1.807, 2.05) is 13.8 Å². The van der Waals surface area contributed by atoms with Gasteiger partial charge in [0.2, 0.25) is 0 Å². The minimum absolute atomic E-state index is 0.154. The smallest absolute Gasteiger partial charge is 0.403 e. The molecule has 0 spiro atoms. The van der Waals surface area contributed by atoms with E-state index in [9.17, 15) is 0 Å². The van der Waals surface area contributed by atoms with Crippen molar-refractivity contribution in [2.45, 2.75) is 78.2 Å². The second kappa shape index (κ2) is 4.67. The fraction of sp³-hybridized carbons (Fsp3) is 1.00. The van der Waals surface area contributed by atoms with Crippen LogP contribution in [0.15, 0.2) is 0 Å². The van der Waals surface area contributed by atoms with E-state index < -0.39 is 0 Å². The molecule has 1 atom stereocenters. The van der Waals surface area contributed by atoms with Crippen LogP contribution in [-0.4, -0.2) is 30.5 Å². The van der Waals surface area contributed by atoms with Gasteiger partial charge in [-0.3, -0.25) is 0 Å². The molecule has 1 rings (SSSR count). The summed E-state index contributed by atoms with van der Waals surface area (Å²) in [7, 11) is -0.154. The van der Waals surface area contributed by atoms with Crippen LogP contribution in [0.25, 0.3) is 0 Å². The first-order chi connectivity index (χ1) is 7.14. The fourth-order valence-electron chi connectivity index (χ4n) is 1.85. The predicted octanol–water partition coefficient (Wildman–Crippen LogP) is 2.89. The molecular formula is C12H25BO3. The van der Waals surface area contributed by atoms with Gasteiger partial charge in [-0.05, 0) is 48.5 Å². The summed E-state index contributed by atoms with van der Waals surface area (Å²) in [5, 5.41) is 0. The molecular weight excluding hydrogens is 203 g/mol. The molecule has 4 heteroatoms. The molecule has 1 fully saturated rings. The van der Waals surface area contributed by atoms with Crippen LogP contribution in [0, 0.1) is 0 Å². The Morgan fingerprint density at radius 1 is 1.00 bits per heavy atom. The van der Waals surface area contributed by atoms with Crippen molar-refractivity contribution in [1.82, 2.24) is 0 Å². The lowest BCUT2D eigenvalue weighted by molar-refractivity contribution is 0.00578. The summed E-state index contributed by atoms with van der Waals surface area (Å²) < 4.78 is 17.5. The number of ether oxygens (including phenoxy) is 1. The monoisotopic (exact) mass is 228 g/mol. The molecule has 1 aliphatic rings. The van der Waals surface area contributed by atoms with Crippen LogP contribution in [0.5, 0.6) is 0 Å². The van der Waals surface area contributed by atoms with E-state index in [-0.39, 0.29) is 30.5 Å². The summed E-state index contributed by atoms with van der Waals surface area (Å²) >= 11 is 0. The lowest BCUT2D eigenvalue weighted by Crippen LogP contribution is -2.41. The fourth-order valence-corrected chi connectivity index (χ4v) is 1.85. The summed E-state index contributed by atoms with van der Waals surface area (Å²) in [6.45, 7) is 14.4. The lowest BCUT2D eigenvalue weighted by Gasteiger charge is -2.32. The van der Waals surface area contributed by atoms with E-state index >= 15 is 0 Å². The van der Waals surface area contributed by atoms with Gasteiger partial charge >= 0.3 is 7.12 Å². The Hall–Kier alpha value is -0.0551. The van der Waals surface area contributed by atoms with Crippen LogP contribution in [0.1, 0.15) is 48.5 Å². The summed E-state index contributed by atoms with van der Waals surface area (Å²) in [5.41, 5.74) is -0.482. The topological polar surface area (TPSA) is 27.7 Å². The van der Waals surface area contributed by atoms with Gasteiger partial charge < -0.3 is 14.0 Å². The second-order valence-electron chi connectivity index (χ2n) is 5.92. The first-order valence-corrected chi connectivity index (χ1v) is 6.15. The maximum Gasteiger partial charge on any atom is 0.460 e. The van der Waals surface area contributed by atoms with Crippen molar-refractivity contribution in [2.24, 2.45) is 0 Å². The van der Waals surface area contributed by atoms with Crippen molar-refractivity contribution in [1.29, 1.82) is 0 Å². The van der Waals surface area contributed by atoms with E-state index in [4.69, 9.17) is 14.0 Å². The summed E-state index contributed by atoms with van der Waals surface area (Å²) in [6.07, 6.45) is 1.19. The zero-order valence-corrected chi connectivity index (χ0v) is 11.7. The van der Waals surface area contributed by atoms with Crippen LogP contribution in [-0.2, 0) is 14.0 Å². The standard InChI is InChI=1S/C12H25BO3/c1-9(2)14-10(3)8-13-15-11(4,5)12(6,7)16-13/h9-10H,8H2,1-7H3. The minimum atomic E-state index is -0.241. The summed E-state index contributed by atoms with van der Waals surface area (Å²) in [6, 6.07) is 0. The zero-order chi connectivity index (χ0) is 12.6. The van der Waals surface area contributed by atoms with E-state index in [1.165, 1.54) is 0 Å². The van der Waals surface area contributed by atoms with Crippen LogP contribution in [0.3, 0.4) is 0 Å². The molecule has 94 valence electrons. The Morgan fingerprint density at radius 2 is 1.44 bits per heavy atom. The first kappa shape index (κ1) is 14.0. The van der Waals surface area contributed by atoms with Crippen molar-refractivity contribution in [3.05, 3.63) is 0 Å². The molecule has 0 radical (unpaired) electrons. The van der Waals surface area contributed by atoms with Crippen molar-refractivity contribution in [3.8, 4) is 0 Å².